The van der Waals surface area contributed by atoms with Crippen LogP contribution in [-0.4, -0.2) is 40.1 Å². The van der Waals surface area contributed by atoms with Gasteiger partial charge in [-0.15, -0.1) is 0 Å². The molecule has 2 bridgehead atoms. The Kier molecular flexibility index (Phi) is 5.20. The second-order valence-corrected chi connectivity index (χ2v) is 9.52. The smallest absolute Gasteiger partial charge is 0.273 e. The van der Waals surface area contributed by atoms with Crippen LogP contribution in [0.15, 0.2) is 54.6 Å². The van der Waals surface area contributed by atoms with Gasteiger partial charge in [0, 0.05) is 16.1 Å². The van der Waals surface area contributed by atoms with Gasteiger partial charge in [0.25, 0.3) is 17.7 Å². The normalized spacial score (nSPS) is 25.0. The summed E-state index contributed by atoms with van der Waals surface area (Å²) in [7, 11) is 0. The van der Waals surface area contributed by atoms with E-state index in [0.29, 0.717) is 10.6 Å². The molecule has 2 aromatic carbocycles. The summed E-state index contributed by atoms with van der Waals surface area (Å²) in [6.07, 6.45) is 4.77. The number of hydrogen-bond acceptors (Lipinski definition) is 4. The van der Waals surface area contributed by atoms with Gasteiger partial charge in [0.2, 0.25) is 0 Å². The topological polar surface area (TPSA) is 74.8 Å². The minimum absolute atomic E-state index is 0.00406. The van der Waals surface area contributed by atoms with Crippen molar-refractivity contribution in [1.29, 1.82) is 0 Å². The van der Waals surface area contributed by atoms with Crippen molar-refractivity contribution in [3.63, 3.8) is 0 Å². The van der Waals surface area contributed by atoms with E-state index in [2.05, 4.69) is 0 Å². The van der Waals surface area contributed by atoms with Crippen molar-refractivity contribution in [2.24, 2.45) is 23.7 Å². The zero-order valence-corrected chi connectivity index (χ0v) is 19.1. The molecule has 168 valence electrons. The van der Waals surface area contributed by atoms with Crippen molar-refractivity contribution < 1.29 is 19.2 Å². The third-order valence-electron chi connectivity index (χ3n) is 7.14. The van der Waals surface area contributed by atoms with Crippen LogP contribution in [0.25, 0.3) is 0 Å². The molecule has 1 heterocycles. The van der Waals surface area contributed by atoms with Gasteiger partial charge in [-0.1, -0.05) is 35.9 Å². The maximum Gasteiger partial charge on any atom is 0.273 e. The second-order valence-electron chi connectivity index (χ2n) is 9.08. The SMILES string of the molecule is Cc1ccc(C(=O)CN(C(=O)c2ccc(Cl)cc2)N2C(=O)[C@@H]3[C@@H](C2=O)[C@H]2C=C[C@H]3C2)cc1C. The minimum Gasteiger partial charge on any atom is -0.292 e. The van der Waals surface area contributed by atoms with Crippen molar-refractivity contribution in [3.05, 3.63) is 81.9 Å². The molecule has 7 heteroatoms. The standard InChI is InChI=1S/C26H23ClN2O4/c1-14-3-4-17(11-15(14)2)21(30)13-28(24(31)16-7-9-20(27)10-8-16)29-25(32)22-18-5-6-19(12-18)23(22)26(29)33/h3-11,18-19,22-23H,12-13H2,1-2H3/t18-,19-,22-,23-/m0/s1. The molecule has 0 unspecified atom stereocenters. The molecule has 2 fully saturated rings. The van der Waals surface area contributed by atoms with E-state index in [1.165, 1.54) is 12.1 Å². The molecule has 0 aromatic heterocycles. The van der Waals surface area contributed by atoms with E-state index >= 15 is 0 Å². The van der Waals surface area contributed by atoms with Crippen molar-refractivity contribution in [2.45, 2.75) is 20.3 Å². The monoisotopic (exact) mass is 462 g/mol. The van der Waals surface area contributed by atoms with Gasteiger partial charge < -0.3 is 0 Å². The zero-order chi connectivity index (χ0) is 23.4. The summed E-state index contributed by atoms with van der Waals surface area (Å²) in [5, 5.41) is 2.40. The molecular weight excluding hydrogens is 440 g/mol. The molecule has 33 heavy (non-hydrogen) atoms. The number of Topliss-reactive ketones (excluding diaryl/α,β-unsaturated/α-hetero) is 1. The summed E-state index contributed by atoms with van der Waals surface area (Å²) in [6, 6.07) is 11.5. The highest BCUT2D eigenvalue weighted by Crippen LogP contribution is 2.52. The van der Waals surface area contributed by atoms with Gasteiger partial charge in [-0.05, 0) is 73.6 Å². The molecule has 0 N–H and O–H groups in total. The van der Waals surface area contributed by atoms with Crippen LogP contribution < -0.4 is 0 Å². The largest absolute Gasteiger partial charge is 0.292 e. The first-order valence-corrected chi connectivity index (χ1v) is 11.4. The van der Waals surface area contributed by atoms with E-state index in [4.69, 9.17) is 11.6 Å². The van der Waals surface area contributed by atoms with Crippen LogP contribution in [0.4, 0.5) is 0 Å². The number of imide groups is 1. The van der Waals surface area contributed by atoms with Crippen molar-refractivity contribution in [3.8, 4) is 0 Å². The van der Waals surface area contributed by atoms with Crippen LogP contribution in [0, 0.1) is 37.5 Å². The third kappa shape index (κ3) is 3.49. The Hall–Kier alpha value is -3.25. The number of rotatable bonds is 5. The number of hydrogen-bond donors (Lipinski definition) is 0. The predicted molar refractivity (Wildman–Crippen MR) is 122 cm³/mol. The molecule has 1 saturated carbocycles. The Bertz CT molecular complexity index is 1190. The number of aryl methyl sites for hydroxylation is 2. The van der Waals surface area contributed by atoms with E-state index in [1.54, 1.807) is 24.3 Å². The van der Waals surface area contributed by atoms with Gasteiger partial charge in [-0.3, -0.25) is 19.2 Å². The van der Waals surface area contributed by atoms with Crippen LogP contribution in [0.3, 0.4) is 0 Å². The second kappa shape index (κ2) is 7.96. The maximum absolute atomic E-state index is 13.5. The molecular formula is C26H23ClN2O4. The average Bonchev–Trinajstić information content (AvgIpc) is 3.48. The van der Waals surface area contributed by atoms with Crippen molar-refractivity contribution >= 4 is 35.1 Å². The number of nitrogens with zero attached hydrogens (tertiary/aromatic N) is 2. The Labute approximate surface area is 196 Å². The quantitative estimate of drug-likeness (QED) is 0.382. The van der Waals surface area contributed by atoms with E-state index in [0.717, 1.165) is 27.6 Å². The van der Waals surface area contributed by atoms with E-state index < -0.39 is 36.1 Å². The first-order chi connectivity index (χ1) is 15.8. The number of carbonyl (C=O) groups is 4. The van der Waals surface area contributed by atoms with Gasteiger partial charge >= 0.3 is 0 Å². The summed E-state index contributed by atoms with van der Waals surface area (Å²) in [5.74, 6) is -2.68. The average molecular weight is 463 g/mol. The highest BCUT2D eigenvalue weighted by Gasteiger charge is 2.61. The molecule has 6 nitrogen and oxygen atoms in total. The maximum atomic E-state index is 13.5. The van der Waals surface area contributed by atoms with Crippen LogP contribution in [0.1, 0.15) is 38.3 Å². The van der Waals surface area contributed by atoms with Crippen LogP contribution >= 0.6 is 11.6 Å². The van der Waals surface area contributed by atoms with Crippen LogP contribution in [-0.2, 0) is 9.59 Å². The summed E-state index contributed by atoms with van der Waals surface area (Å²) < 4.78 is 0. The lowest BCUT2D eigenvalue weighted by Gasteiger charge is -2.31. The van der Waals surface area contributed by atoms with Gasteiger partial charge in [0.15, 0.2) is 5.78 Å². The number of hydrazine groups is 1. The number of fused-ring (bicyclic) bond motifs is 5. The molecule has 2 aliphatic carbocycles. The van der Waals surface area contributed by atoms with Gasteiger partial charge in [-0.25, -0.2) is 5.01 Å². The first kappa shape index (κ1) is 21.6. The number of halogens is 1. The third-order valence-corrected chi connectivity index (χ3v) is 7.39. The predicted octanol–water partition coefficient (Wildman–Crippen LogP) is 4.00. The Morgan fingerprint density at radius 2 is 1.48 bits per heavy atom. The van der Waals surface area contributed by atoms with Crippen LogP contribution in [0.2, 0.25) is 5.02 Å². The fraction of sp³-hybridized carbons (Fsp3) is 0.308. The minimum atomic E-state index is -0.592. The van der Waals surface area contributed by atoms with E-state index in [1.807, 2.05) is 32.1 Å². The molecule has 4 atom stereocenters. The lowest BCUT2D eigenvalue weighted by atomic mass is 9.85. The molecule has 0 spiro atoms. The molecule has 3 amide bonds. The molecule has 1 aliphatic heterocycles. The van der Waals surface area contributed by atoms with Gasteiger partial charge in [-0.2, -0.15) is 5.01 Å². The number of allylic oxidation sites excluding steroid dienone is 2. The van der Waals surface area contributed by atoms with Gasteiger partial charge in [0.1, 0.15) is 6.54 Å². The summed E-state index contributed by atoms with van der Waals surface area (Å²) >= 11 is 5.96. The highest BCUT2D eigenvalue weighted by molar-refractivity contribution is 6.30. The van der Waals surface area contributed by atoms with E-state index in [-0.39, 0.29) is 23.2 Å². The molecule has 1 saturated heterocycles. The number of carbonyl (C=O) groups excluding carboxylic acids is 4. The molecule has 0 radical (unpaired) electrons. The lowest BCUT2D eigenvalue weighted by molar-refractivity contribution is -0.154. The molecule has 2 aromatic rings. The zero-order valence-electron chi connectivity index (χ0n) is 18.3. The molecule has 3 aliphatic rings. The fourth-order valence-electron chi connectivity index (χ4n) is 5.24. The number of ketones is 1. The van der Waals surface area contributed by atoms with Crippen molar-refractivity contribution in [1.82, 2.24) is 10.0 Å². The van der Waals surface area contributed by atoms with Gasteiger partial charge in [0.05, 0.1) is 11.8 Å². The molecule has 5 rings (SSSR count). The fourth-order valence-corrected chi connectivity index (χ4v) is 5.37. The lowest BCUT2D eigenvalue weighted by Crippen LogP contribution is -2.52. The number of benzene rings is 2. The van der Waals surface area contributed by atoms with E-state index in [9.17, 15) is 19.2 Å². The number of amides is 3. The summed E-state index contributed by atoms with van der Waals surface area (Å²) in [6.45, 7) is 3.44. The Morgan fingerprint density at radius 1 is 0.909 bits per heavy atom. The van der Waals surface area contributed by atoms with Crippen molar-refractivity contribution in [2.75, 3.05) is 6.54 Å². The van der Waals surface area contributed by atoms with Crippen LogP contribution in [0.5, 0.6) is 0 Å². The highest BCUT2D eigenvalue weighted by atomic mass is 35.5. The summed E-state index contributed by atoms with van der Waals surface area (Å²) in [4.78, 5) is 53.4. The summed E-state index contributed by atoms with van der Waals surface area (Å²) in [5.41, 5.74) is 2.65. The first-order valence-electron chi connectivity index (χ1n) is 11.0. The Balaban J connectivity index is 1.50. The Morgan fingerprint density at radius 3 is 2.06 bits per heavy atom.